The van der Waals surface area contributed by atoms with E-state index in [1.54, 1.807) is 7.11 Å². The zero-order valence-electron chi connectivity index (χ0n) is 8.42. The molecule has 0 aromatic carbocycles. The number of nitrogens with zero attached hydrogens (tertiary/aromatic N) is 2. The van der Waals surface area contributed by atoms with Gasteiger partial charge in [-0.25, -0.2) is 0 Å². The molecule has 0 aromatic heterocycles. The topological polar surface area (TPSA) is 48.3 Å². The Morgan fingerprint density at radius 3 is 3.14 bits per heavy atom. The van der Waals surface area contributed by atoms with E-state index in [9.17, 15) is 0 Å². The molecule has 2 fully saturated rings. The van der Waals surface area contributed by atoms with Gasteiger partial charge in [-0.1, -0.05) is 0 Å². The van der Waals surface area contributed by atoms with E-state index in [4.69, 9.17) is 10.1 Å². The maximum atomic E-state index is 8.70. The van der Waals surface area contributed by atoms with Crippen LogP contribution in [0.25, 0.3) is 0 Å². The van der Waals surface area contributed by atoms with Crippen molar-refractivity contribution >= 4 is 0 Å². The van der Waals surface area contributed by atoms with Gasteiger partial charge in [0.15, 0.2) is 0 Å². The highest BCUT2D eigenvalue weighted by molar-refractivity contribution is 5.25. The van der Waals surface area contributed by atoms with Crippen LogP contribution in [0.4, 0.5) is 0 Å². The fraction of sp³-hybridized carbons (Fsp3) is 0.700. The van der Waals surface area contributed by atoms with E-state index < -0.39 is 0 Å². The first kappa shape index (κ1) is 9.50. The normalized spacial score (nSPS) is 32.9. The van der Waals surface area contributed by atoms with Crippen LogP contribution in [0.15, 0.2) is 11.3 Å². The SMILES string of the molecule is CON/C(CC#N)=C1/CN2CCC1C2. The average Bonchev–Trinajstić information content (AvgIpc) is 2.78. The highest BCUT2D eigenvalue weighted by atomic mass is 16.6. The third-order valence-corrected chi connectivity index (χ3v) is 3.03. The number of nitriles is 1. The molecule has 0 amide bonds. The molecular weight excluding hydrogens is 178 g/mol. The fourth-order valence-corrected chi connectivity index (χ4v) is 2.39. The van der Waals surface area contributed by atoms with Crippen LogP contribution in [0.5, 0.6) is 0 Å². The van der Waals surface area contributed by atoms with Crippen LogP contribution < -0.4 is 5.48 Å². The Hall–Kier alpha value is -1.05. The first-order chi connectivity index (χ1) is 6.85. The number of nitrogens with one attached hydrogen (secondary N) is 1. The average molecular weight is 193 g/mol. The van der Waals surface area contributed by atoms with Crippen molar-refractivity contribution in [2.45, 2.75) is 12.8 Å². The van der Waals surface area contributed by atoms with Crippen molar-refractivity contribution in [1.82, 2.24) is 10.4 Å². The number of piperidine rings is 1. The molecule has 4 heteroatoms. The van der Waals surface area contributed by atoms with Crippen molar-refractivity contribution < 1.29 is 4.84 Å². The second kappa shape index (κ2) is 3.99. The van der Waals surface area contributed by atoms with Crippen molar-refractivity contribution in [2.24, 2.45) is 5.92 Å². The molecule has 2 aliphatic heterocycles. The minimum atomic E-state index is 0.424. The molecule has 0 aliphatic carbocycles. The largest absolute Gasteiger partial charge is 0.299 e. The summed E-state index contributed by atoms with van der Waals surface area (Å²) in [6.45, 7) is 3.38. The quantitative estimate of drug-likeness (QED) is 0.668. The van der Waals surface area contributed by atoms with E-state index >= 15 is 0 Å². The van der Waals surface area contributed by atoms with E-state index in [1.807, 2.05) is 0 Å². The van der Waals surface area contributed by atoms with Crippen LogP contribution >= 0.6 is 0 Å². The molecule has 76 valence electrons. The zero-order chi connectivity index (χ0) is 9.97. The molecule has 14 heavy (non-hydrogen) atoms. The Balaban J connectivity index is 2.14. The lowest BCUT2D eigenvalue weighted by Gasteiger charge is -2.18. The van der Waals surface area contributed by atoms with E-state index in [0.717, 1.165) is 18.8 Å². The predicted molar refractivity (Wildman–Crippen MR) is 51.9 cm³/mol. The minimum Gasteiger partial charge on any atom is -0.299 e. The van der Waals surface area contributed by atoms with Gasteiger partial charge in [0.2, 0.25) is 0 Å². The summed E-state index contributed by atoms with van der Waals surface area (Å²) in [5.41, 5.74) is 5.19. The van der Waals surface area contributed by atoms with Gasteiger partial charge in [-0.15, -0.1) is 0 Å². The molecular formula is C10H15N3O. The second-order valence-electron chi connectivity index (χ2n) is 3.87. The van der Waals surface area contributed by atoms with Crippen molar-refractivity contribution in [2.75, 3.05) is 26.7 Å². The summed E-state index contributed by atoms with van der Waals surface area (Å²) in [5.74, 6) is 0.654. The van der Waals surface area contributed by atoms with Gasteiger partial charge < -0.3 is 0 Å². The molecule has 0 saturated carbocycles. The van der Waals surface area contributed by atoms with Crippen molar-refractivity contribution in [1.29, 1.82) is 5.26 Å². The molecule has 2 bridgehead atoms. The molecule has 2 aliphatic rings. The number of rotatable bonds is 3. The third-order valence-electron chi connectivity index (χ3n) is 3.03. The molecule has 2 atom stereocenters. The Kier molecular flexibility index (Phi) is 2.71. The van der Waals surface area contributed by atoms with Gasteiger partial charge in [-0.05, 0) is 24.5 Å². The summed E-state index contributed by atoms with van der Waals surface area (Å²) in [6, 6.07) is 2.17. The summed E-state index contributed by atoms with van der Waals surface area (Å²) in [5, 5.41) is 8.70. The highest BCUT2D eigenvalue weighted by Crippen LogP contribution is 2.34. The van der Waals surface area contributed by atoms with Gasteiger partial charge in [-0.2, -0.15) is 5.26 Å². The van der Waals surface area contributed by atoms with Crippen LogP contribution in [0.1, 0.15) is 12.8 Å². The molecule has 2 saturated heterocycles. The zero-order valence-corrected chi connectivity index (χ0v) is 8.42. The number of hydrogen-bond acceptors (Lipinski definition) is 4. The predicted octanol–water partition coefficient (Wildman–Crippen LogP) is 0.641. The maximum Gasteiger partial charge on any atom is 0.0772 e. The first-order valence-electron chi connectivity index (χ1n) is 4.95. The van der Waals surface area contributed by atoms with Gasteiger partial charge in [0.05, 0.1) is 25.3 Å². The minimum absolute atomic E-state index is 0.424. The Morgan fingerprint density at radius 1 is 1.79 bits per heavy atom. The van der Waals surface area contributed by atoms with Gasteiger partial charge in [0, 0.05) is 13.1 Å². The lowest BCUT2D eigenvalue weighted by atomic mass is 9.96. The lowest BCUT2D eigenvalue weighted by Crippen LogP contribution is -2.22. The molecule has 2 unspecified atom stereocenters. The molecule has 0 aromatic rings. The van der Waals surface area contributed by atoms with Crippen LogP contribution in [0, 0.1) is 17.2 Å². The smallest absolute Gasteiger partial charge is 0.0772 e. The van der Waals surface area contributed by atoms with Gasteiger partial charge in [0.25, 0.3) is 0 Å². The van der Waals surface area contributed by atoms with Gasteiger partial charge >= 0.3 is 0 Å². The van der Waals surface area contributed by atoms with Crippen molar-refractivity contribution in [3.05, 3.63) is 11.3 Å². The van der Waals surface area contributed by atoms with E-state index in [0.29, 0.717) is 12.3 Å². The standard InChI is InChI=1S/C10H15N3O/c1-14-12-10(2-4-11)9-7-13-5-3-8(9)6-13/h8,12H,2-3,5-7H2,1H3/b10-9-. The van der Waals surface area contributed by atoms with Crippen molar-refractivity contribution in [3.63, 3.8) is 0 Å². The molecule has 0 radical (unpaired) electrons. The Bertz CT molecular complexity index is 292. The van der Waals surface area contributed by atoms with E-state index in [2.05, 4.69) is 16.4 Å². The number of hydroxylamine groups is 1. The third kappa shape index (κ3) is 1.61. The molecule has 1 N–H and O–H groups in total. The van der Waals surface area contributed by atoms with Crippen LogP contribution in [0.2, 0.25) is 0 Å². The summed E-state index contributed by atoms with van der Waals surface area (Å²) >= 11 is 0. The molecule has 4 nitrogen and oxygen atoms in total. The van der Waals surface area contributed by atoms with E-state index in [1.165, 1.54) is 18.5 Å². The maximum absolute atomic E-state index is 8.70. The monoisotopic (exact) mass is 193 g/mol. The summed E-state index contributed by atoms with van der Waals surface area (Å²) in [4.78, 5) is 7.32. The summed E-state index contributed by atoms with van der Waals surface area (Å²) < 4.78 is 0. The van der Waals surface area contributed by atoms with Gasteiger partial charge in [0.1, 0.15) is 0 Å². The lowest BCUT2D eigenvalue weighted by molar-refractivity contribution is 0.114. The number of fused-ring (bicyclic) bond motifs is 2. The van der Waals surface area contributed by atoms with E-state index in [-0.39, 0.29) is 0 Å². The fourth-order valence-electron chi connectivity index (χ4n) is 2.39. The van der Waals surface area contributed by atoms with Crippen molar-refractivity contribution in [3.8, 4) is 6.07 Å². The molecule has 2 heterocycles. The Labute approximate surface area is 84.1 Å². The summed E-state index contributed by atoms with van der Waals surface area (Å²) in [6.07, 6.45) is 1.66. The van der Waals surface area contributed by atoms with Crippen LogP contribution in [-0.4, -0.2) is 31.6 Å². The first-order valence-corrected chi connectivity index (χ1v) is 4.95. The van der Waals surface area contributed by atoms with Gasteiger partial charge in [-0.3, -0.25) is 15.2 Å². The van der Waals surface area contributed by atoms with Crippen LogP contribution in [-0.2, 0) is 4.84 Å². The number of allylic oxidation sites excluding steroid dienone is 1. The van der Waals surface area contributed by atoms with Crippen LogP contribution in [0.3, 0.4) is 0 Å². The Morgan fingerprint density at radius 2 is 2.64 bits per heavy atom. The summed E-state index contributed by atoms with van der Waals surface area (Å²) in [7, 11) is 1.59. The molecule has 2 rings (SSSR count). The molecule has 0 spiro atoms. The number of hydrogen-bond donors (Lipinski definition) is 1. The second-order valence-corrected chi connectivity index (χ2v) is 3.87. The highest BCUT2D eigenvalue weighted by Gasteiger charge is 2.35.